The molecule has 0 bridgehead atoms. The lowest BCUT2D eigenvalue weighted by molar-refractivity contribution is 0.193. The van der Waals surface area contributed by atoms with E-state index < -0.39 is 15.8 Å². The van der Waals surface area contributed by atoms with Gasteiger partial charge in [-0.3, -0.25) is 0 Å². The smallest absolute Gasteiger partial charge is 0.321 e. The van der Waals surface area contributed by atoms with Crippen molar-refractivity contribution >= 4 is 21.7 Å². The first-order valence-corrected chi connectivity index (χ1v) is 10.9. The molecule has 0 spiro atoms. The number of rotatable bonds is 6. The standard InChI is InChI=1S/C20H24FN3O4S/c1-2-28-19-6-4-3-5-18(19)22-20(25)24-13-11-16(12-14-24)23-29(26,27)17-9-7-15(21)8-10-17/h3-10,16,23H,2,11-14H2,1H3,(H,22,25). The van der Waals surface area contributed by atoms with Gasteiger partial charge in [-0.05, 0) is 56.2 Å². The molecule has 1 saturated heterocycles. The number of hydrogen-bond donors (Lipinski definition) is 2. The van der Waals surface area contributed by atoms with Crippen LogP contribution in [0.15, 0.2) is 53.4 Å². The summed E-state index contributed by atoms with van der Waals surface area (Å²) in [5.74, 6) is 0.111. The van der Waals surface area contributed by atoms with Gasteiger partial charge in [-0.15, -0.1) is 0 Å². The minimum Gasteiger partial charge on any atom is -0.492 e. The summed E-state index contributed by atoms with van der Waals surface area (Å²) in [6.07, 6.45) is 0.974. The first-order valence-electron chi connectivity index (χ1n) is 9.44. The number of nitrogens with one attached hydrogen (secondary N) is 2. The molecule has 0 radical (unpaired) electrons. The van der Waals surface area contributed by atoms with Crippen LogP contribution >= 0.6 is 0 Å². The molecule has 2 aromatic carbocycles. The Kier molecular flexibility index (Phi) is 6.71. The summed E-state index contributed by atoms with van der Waals surface area (Å²) in [6, 6.07) is 11.4. The molecular weight excluding hydrogens is 397 g/mol. The van der Waals surface area contributed by atoms with Gasteiger partial charge in [0.05, 0.1) is 17.2 Å². The van der Waals surface area contributed by atoms with Crippen molar-refractivity contribution in [1.82, 2.24) is 9.62 Å². The van der Waals surface area contributed by atoms with Gasteiger partial charge in [-0.1, -0.05) is 12.1 Å². The van der Waals surface area contributed by atoms with Gasteiger partial charge in [0.1, 0.15) is 11.6 Å². The second kappa shape index (κ2) is 9.23. The van der Waals surface area contributed by atoms with Crippen LogP contribution in [0, 0.1) is 5.82 Å². The fourth-order valence-corrected chi connectivity index (χ4v) is 4.45. The summed E-state index contributed by atoms with van der Waals surface area (Å²) in [6.45, 7) is 3.20. The van der Waals surface area contributed by atoms with E-state index in [1.165, 1.54) is 12.1 Å². The highest BCUT2D eigenvalue weighted by Crippen LogP contribution is 2.24. The van der Waals surface area contributed by atoms with E-state index >= 15 is 0 Å². The van der Waals surface area contributed by atoms with Crippen molar-refractivity contribution in [2.24, 2.45) is 0 Å². The van der Waals surface area contributed by atoms with Crippen LogP contribution in [0.2, 0.25) is 0 Å². The van der Waals surface area contributed by atoms with Gasteiger partial charge in [-0.2, -0.15) is 0 Å². The quantitative estimate of drug-likeness (QED) is 0.750. The molecule has 0 unspecified atom stereocenters. The van der Waals surface area contributed by atoms with Gasteiger partial charge in [0.2, 0.25) is 10.0 Å². The maximum Gasteiger partial charge on any atom is 0.321 e. The molecule has 1 fully saturated rings. The Morgan fingerprint density at radius 3 is 2.45 bits per heavy atom. The summed E-state index contributed by atoms with van der Waals surface area (Å²) in [7, 11) is -3.73. The van der Waals surface area contributed by atoms with Crippen molar-refractivity contribution in [3.63, 3.8) is 0 Å². The Hall–Kier alpha value is -2.65. The number of para-hydroxylation sites is 2. The lowest BCUT2D eigenvalue weighted by atomic mass is 10.1. The molecule has 2 aromatic rings. The molecule has 0 atom stereocenters. The summed E-state index contributed by atoms with van der Waals surface area (Å²) >= 11 is 0. The molecule has 2 amide bonds. The summed E-state index contributed by atoms with van der Waals surface area (Å²) in [5.41, 5.74) is 0.596. The number of amides is 2. The Morgan fingerprint density at radius 2 is 1.79 bits per heavy atom. The molecular formula is C20H24FN3O4S. The molecule has 1 aliphatic heterocycles. The third-order valence-corrected chi connectivity index (χ3v) is 6.19. The minimum atomic E-state index is -3.73. The zero-order valence-corrected chi connectivity index (χ0v) is 16.9. The number of benzene rings is 2. The number of ether oxygens (including phenoxy) is 1. The molecule has 0 aliphatic carbocycles. The van der Waals surface area contributed by atoms with Crippen molar-refractivity contribution in [2.45, 2.75) is 30.7 Å². The number of sulfonamides is 1. The zero-order valence-electron chi connectivity index (χ0n) is 16.1. The molecule has 29 heavy (non-hydrogen) atoms. The van der Waals surface area contributed by atoms with E-state index in [2.05, 4.69) is 10.0 Å². The number of halogens is 1. The van der Waals surface area contributed by atoms with E-state index in [1.807, 2.05) is 19.1 Å². The highest BCUT2D eigenvalue weighted by atomic mass is 32.2. The Morgan fingerprint density at radius 1 is 1.14 bits per heavy atom. The fraction of sp³-hybridized carbons (Fsp3) is 0.350. The molecule has 3 rings (SSSR count). The molecule has 2 N–H and O–H groups in total. The molecule has 0 aromatic heterocycles. The third-order valence-electron chi connectivity index (χ3n) is 4.66. The largest absolute Gasteiger partial charge is 0.492 e. The highest BCUT2D eigenvalue weighted by Gasteiger charge is 2.27. The maximum absolute atomic E-state index is 13.0. The van der Waals surface area contributed by atoms with Crippen LogP contribution in [0.4, 0.5) is 14.9 Å². The van der Waals surface area contributed by atoms with Crippen molar-refractivity contribution in [3.8, 4) is 5.75 Å². The topological polar surface area (TPSA) is 87.7 Å². The second-order valence-corrected chi connectivity index (χ2v) is 8.41. The Labute approximate surface area is 169 Å². The lowest BCUT2D eigenvalue weighted by Crippen LogP contribution is -2.47. The average Bonchev–Trinajstić information content (AvgIpc) is 2.70. The number of anilines is 1. The number of hydrogen-bond acceptors (Lipinski definition) is 4. The van der Waals surface area contributed by atoms with Gasteiger partial charge in [-0.25, -0.2) is 22.3 Å². The normalized spacial score (nSPS) is 15.2. The van der Waals surface area contributed by atoms with Crippen LogP contribution < -0.4 is 14.8 Å². The summed E-state index contributed by atoms with van der Waals surface area (Å²) < 4.78 is 46.0. The SMILES string of the molecule is CCOc1ccccc1NC(=O)N1CCC(NS(=O)(=O)c2ccc(F)cc2)CC1. The first-order chi connectivity index (χ1) is 13.9. The molecule has 156 valence electrons. The van der Waals surface area contributed by atoms with E-state index in [4.69, 9.17) is 4.74 Å². The summed E-state index contributed by atoms with van der Waals surface area (Å²) in [5, 5.41) is 2.85. The van der Waals surface area contributed by atoms with Crippen LogP contribution in [0.5, 0.6) is 5.75 Å². The monoisotopic (exact) mass is 421 g/mol. The van der Waals surface area contributed by atoms with E-state index in [1.54, 1.807) is 17.0 Å². The maximum atomic E-state index is 13.0. The van der Waals surface area contributed by atoms with Crippen LogP contribution in [0.25, 0.3) is 0 Å². The Bertz CT molecular complexity index is 942. The Balaban J connectivity index is 1.55. The van der Waals surface area contributed by atoms with Crippen LogP contribution in [0.1, 0.15) is 19.8 Å². The van der Waals surface area contributed by atoms with E-state index in [-0.39, 0.29) is 17.0 Å². The van der Waals surface area contributed by atoms with Gasteiger partial charge in [0.15, 0.2) is 0 Å². The van der Waals surface area contributed by atoms with E-state index in [0.717, 1.165) is 12.1 Å². The molecule has 1 aliphatic rings. The number of urea groups is 1. The minimum absolute atomic E-state index is 0.0200. The number of carbonyl (C=O) groups excluding carboxylic acids is 1. The number of piperidine rings is 1. The van der Waals surface area contributed by atoms with E-state index in [9.17, 15) is 17.6 Å². The fourth-order valence-electron chi connectivity index (χ4n) is 3.15. The highest BCUT2D eigenvalue weighted by molar-refractivity contribution is 7.89. The molecule has 9 heteroatoms. The number of likely N-dealkylation sites (tertiary alicyclic amines) is 1. The molecule has 0 saturated carbocycles. The van der Waals surface area contributed by atoms with Crippen molar-refractivity contribution in [2.75, 3.05) is 25.0 Å². The molecule has 1 heterocycles. The van der Waals surface area contributed by atoms with Gasteiger partial charge in [0.25, 0.3) is 0 Å². The predicted molar refractivity (Wildman–Crippen MR) is 108 cm³/mol. The molecule has 7 nitrogen and oxygen atoms in total. The van der Waals surface area contributed by atoms with Crippen LogP contribution in [0.3, 0.4) is 0 Å². The van der Waals surface area contributed by atoms with Gasteiger partial charge in [0, 0.05) is 19.1 Å². The van der Waals surface area contributed by atoms with E-state index in [0.29, 0.717) is 44.0 Å². The third kappa shape index (κ3) is 5.45. The van der Waals surface area contributed by atoms with Crippen molar-refractivity contribution in [3.05, 3.63) is 54.3 Å². The number of nitrogens with zero attached hydrogens (tertiary/aromatic N) is 1. The average molecular weight is 421 g/mol. The van der Waals surface area contributed by atoms with Gasteiger partial charge >= 0.3 is 6.03 Å². The zero-order chi connectivity index (χ0) is 20.9. The van der Waals surface area contributed by atoms with Crippen molar-refractivity contribution in [1.29, 1.82) is 0 Å². The first kappa shape index (κ1) is 21.1. The lowest BCUT2D eigenvalue weighted by Gasteiger charge is -2.32. The predicted octanol–water partition coefficient (Wildman–Crippen LogP) is 3.20. The van der Waals surface area contributed by atoms with Gasteiger partial charge < -0.3 is 15.0 Å². The van der Waals surface area contributed by atoms with Crippen LogP contribution in [-0.4, -0.2) is 45.1 Å². The van der Waals surface area contributed by atoms with Crippen LogP contribution in [-0.2, 0) is 10.0 Å². The second-order valence-electron chi connectivity index (χ2n) is 6.70. The number of carbonyl (C=O) groups is 1. The summed E-state index contributed by atoms with van der Waals surface area (Å²) in [4.78, 5) is 14.2. The van der Waals surface area contributed by atoms with Crippen molar-refractivity contribution < 1.29 is 22.3 Å².